The number of ether oxygens (including phenoxy) is 3. The van der Waals surface area contributed by atoms with Crippen LogP contribution in [0.3, 0.4) is 0 Å². The van der Waals surface area contributed by atoms with Crippen LogP contribution in [0.25, 0.3) is 11.3 Å². The van der Waals surface area contributed by atoms with Crippen molar-refractivity contribution < 1.29 is 19.0 Å². The average Bonchev–Trinajstić information content (AvgIpc) is 3.28. The summed E-state index contributed by atoms with van der Waals surface area (Å²) < 4.78 is 17.1. The van der Waals surface area contributed by atoms with Crippen molar-refractivity contribution >= 4 is 22.4 Å². The van der Waals surface area contributed by atoms with Gasteiger partial charge in [-0.05, 0) is 31.5 Å². The lowest BCUT2D eigenvalue weighted by molar-refractivity contribution is 0.0347. The van der Waals surface area contributed by atoms with Crippen molar-refractivity contribution in [2.24, 2.45) is 0 Å². The zero-order chi connectivity index (χ0) is 24.5. The molecule has 0 aliphatic carbocycles. The third-order valence-electron chi connectivity index (χ3n) is 5.70. The summed E-state index contributed by atoms with van der Waals surface area (Å²) in [6.45, 7) is 9.18. The highest BCUT2D eigenvalue weighted by atomic mass is 32.1. The van der Waals surface area contributed by atoms with Crippen LogP contribution in [0.15, 0.2) is 48.5 Å². The molecule has 1 aliphatic rings. The minimum absolute atomic E-state index is 0.225. The normalized spacial score (nSPS) is 14.0. The van der Waals surface area contributed by atoms with Crippen LogP contribution >= 0.6 is 11.3 Å². The number of morpholine rings is 1. The number of rotatable bonds is 11. The van der Waals surface area contributed by atoms with E-state index < -0.39 is 0 Å². The van der Waals surface area contributed by atoms with Gasteiger partial charge in [-0.25, -0.2) is 4.98 Å². The highest BCUT2D eigenvalue weighted by Crippen LogP contribution is 2.33. The van der Waals surface area contributed by atoms with E-state index >= 15 is 0 Å². The SMILES string of the molecule is CCCCOc1ccc(C(=O)Nc2nc(-c3ccccc3)c(CN3CCOCC3)s2)cc1OCC. The number of hydrogen-bond donors (Lipinski definition) is 1. The topological polar surface area (TPSA) is 72.9 Å². The summed E-state index contributed by atoms with van der Waals surface area (Å²) in [4.78, 5) is 21.4. The van der Waals surface area contributed by atoms with Gasteiger partial charge in [0.15, 0.2) is 16.6 Å². The second kappa shape index (κ2) is 12.7. The standard InChI is InChI=1S/C27H33N3O4S/c1-3-5-15-34-22-12-11-21(18-23(22)33-4-2)26(31)29-27-28-25(20-9-7-6-8-10-20)24(35-27)19-30-13-16-32-17-14-30/h6-12,18H,3-5,13-17,19H2,1-2H3,(H,28,29,31). The van der Waals surface area contributed by atoms with E-state index in [9.17, 15) is 4.79 Å². The van der Waals surface area contributed by atoms with Crippen LogP contribution in [0.4, 0.5) is 5.13 Å². The lowest BCUT2D eigenvalue weighted by Gasteiger charge is -2.26. The van der Waals surface area contributed by atoms with Crippen molar-refractivity contribution in [3.8, 4) is 22.8 Å². The van der Waals surface area contributed by atoms with E-state index in [1.165, 1.54) is 11.3 Å². The Labute approximate surface area is 211 Å². The molecule has 2 heterocycles. The molecular weight excluding hydrogens is 462 g/mol. The van der Waals surface area contributed by atoms with Gasteiger partial charge in [-0.15, -0.1) is 0 Å². The van der Waals surface area contributed by atoms with Crippen molar-refractivity contribution in [3.05, 3.63) is 59.0 Å². The van der Waals surface area contributed by atoms with Gasteiger partial charge >= 0.3 is 0 Å². The molecule has 1 saturated heterocycles. The molecule has 3 aromatic rings. The summed E-state index contributed by atoms with van der Waals surface area (Å²) in [7, 11) is 0. The van der Waals surface area contributed by atoms with Gasteiger partial charge in [-0.2, -0.15) is 0 Å². The molecule has 0 saturated carbocycles. The summed E-state index contributed by atoms with van der Waals surface area (Å²) in [5.74, 6) is 1.01. The molecule has 8 heteroatoms. The van der Waals surface area contributed by atoms with Crippen LogP contribution in [0.5, 0.6) is 11.5 Å². The van der Waals surface area contributed by atoms with Crippen molar-refractivity contribution in [1.29, 1.82) is 0 Å². The highest BCUT2D eigenvalue weighted by Gasteiger charge is 2.20. The fraction of sp³-hybridized carbons (Fsp3) is 0.407. The minimum atomic E-state index is -0.225. The molecule has 2 aromatic carbocycles. The van der Waals surface area contributed by atoms with Gasteiger partial charge in [0.1, 0.15) is 0 Å². The molecular formula is C27H33N3O4S. The molecule has 1 N–H and O–H groups in total. The number of amides is 1. The van der Waals surface area contributed by atoms with Gasteiger partial charge in [0, 0.05) is 35.6 Å². The molecule has 1 aliphatic heterocycles. The lowest BCUT2D eigenvalue weighted by atomic mass is 10.1. The Morgan fingerprint density at radius 2 is 1.89 bits per heavy atom. The molecule has 1 aromatic heterocycles. The van der Waals surface area contributed by atoms with E-state index in [1.54, 1.807) is 18.2 Å². The first-order valence-corrected chi connectivity index (χ1v) is 13.1. The largest absolute Gasteiger partial charge is 0.490 e. The first kappa shape index (κ1) is 25.2. The Morgan fingerprint density at radius 3 is 2.63 bits per heavy atom. The fourth-order valence-corrected chi connectivity index (χ4v) is 4.85. The van der Waals surface area contributed by atoms with Crippen LogP contribution in [-0.4, -0.2) is 55.3 Å². The smallest absolute Gasteiger partial charge is 0.257 e. The van der Waals surface area contributed by atoms with Crippen molar-refractivity contribution in [3.63, 3.8) is 0 Å². The van der Waals surface area contributed by atoms with E-state index in [0.29, 0.717) is 35.4 Å². The maximum Gasteiger partial charge on any atom is 0.257 e. The molecule has 35 heavy (non-hydrogen) atoms. The van der Waals surface area contributed by atoms with E-state index in [1.807, 2.05) is 25.1 Å². The summed E-state index contributed by atoms with van der Waals surface area (Å²) in [5.41, 5.74) is 2.45. The number of unbranched alkanes of at least 4 members (excludes halogenated alkanes) is 1. The molecule has 0 spiro atoms. The van der Waals surface area contributed by atoms with E-state index in [-0.39, 0.29) is 5.91 Å². The van der Waals surface area contributed by atoms with E-state index in [2.05, 4.69) is 29.3 Å². The highest BCUT2D eigenvalue weighted by molar-refractivity contribution is 7.16. The van der Waals surface area contributed by atoms with Gasteiger partial charge in [-0.1, -0.05) is 55.0 Å². The first-order valence-electron chi connectivity index (χ1n) is 12.2. The first-order chi connectivity index (χ1) is 17.2. The molecule has 7 nitrogen and oxygen atoms in total. The van der Waals surface area contributed by atoms with Gasteiger partial charge in [-0.3, -0.25) is 15.0 Å². The summed E-state index contributed by atoms with van der Waals surface area (Å²) in [6, 6.07) is 15.4. The molecule has 0 bridgehead atoms. The van der Waals surface area contributed by atoms with Gasteiger partial charge in [0.2, 0.25) is 0 Å². The number of thiazole rings is 1. The number of aromatic nitrogens is 1. The third kappa shape index (κ3) is 6.81. The predicted molar refractivity (Wildman–Crippen MR) is 140 cm³/mol. The molecule has 0 radical (unpaired) electrons. The fourth-order valence-electron chi connectivity index (χ4n) is 3.83. The summed E-state index contributed by atoms with van der Waals surface area (Å²) in [6.07, 6.45) is 2.02. The maximum absolute atomic E-state index is 13.1. The Morgan fingerprint density at radius 1 is 1.09 bits per heavy atom. The van der Waals surface area contributed by atoms with Crippen LogP contribution < -0.4 is 14.8 Å². The Balaban J connectivity index is 1.53. The average molecular weight is 496 g/mol. The number of hydrogen-bond acceptors (Lipinski definition) is 7. The van der Waals surface area contributed by atoms with Crippen LogP contribution in [-0.2, 0) is 11.3 Å². The minimum Gasteiger partial charge on any atom is -0.490 e. The lowest BCUT2D eigenvalue weighted by Crippen LogP contribution is -2.35. The number of nitrogens with zero attached hydrogens (tertiary/aromatic N) is 2. The number of carbonyl (C=O) groups is 1. The van der Waals surface area contributed by atoms with Gasteiger partial charge < -0.3 is 14.2 Å². The van der Waals surface area contributed by atoms with Crippen molar-refractivity contribution in [2.45, 2.75) is 33.2 Å². The number of nitrogens with one attached hydrogen (secondary N) is 1. The second-order valence-corrected chi connectivity index (χ2v) is 9.38. The Hall–Kier alpha value is -2.94. The van der Waals surface area contributed by atoms with Gasteiger partial charge in [0.05, 0.1) is 32.1 Å². The van der Waals surface area contributed by atoms with Crippen LogP contribution in [0.2, 0.25) is 0 Å². The van der Waals surface area contributed by atoms with E-state index in [4.69, 9.17) is 19.2 Å². The van der Waals surface area contributed by atoms with Gasteiger partial charge in [0.25, 0.3) is 5.91 Å². The second-order valence-electron chi connectivity index (χ2n) is 8.30. The number of benzene rings is 2. The molecule has 186 valence electrons. The number of anilines is 1. The zero-order valence-corrected chi connectivity index (χ0v) is 21.2. The molecule has 4 rings (SSSR count). The Kier molecular flexibility index (Phi) is 9.11. The quantitative estimate of drug-likeness (QED) is 0.356. The zero-order valence-electron chi connectivity index (χ0n) is 20.4. The molecule has 0 unspecified atom stereocenters. The van der Waals surface area contributed by atoms with Crippen molar-refractivity contribution in [2.75, 3.05) is 44.8 Å². The van der Waals surface area contributed by atoms with E-state index in [0.717, 1.165) is 61.8 Å². The summed E-state index contributed by atoms with van der Waals surface area (Å²) >= 11 is 1.52. The van der Waals surface area contributed by atoms with Crippen molar-refractivity contribution in [1.82, 2.24) is 9.88 Å². The third-order valence-corrected chi connectivity index (χ3v) is 6.65. The van der Waals surface area contributed by atoms with Crippen LogP contribution in [0, 0.1) is 0 Å². The predicted octanol–water partition coefficient (Wildman–Crippen LogP) is 5.47. The molecule has 1 fully saturated rings. The number of carbonyl (C=O) groups excluding carboxylic acids is 1. The van der Waals surface area contributed by atoms with Crippen LogP contribution in [0.1, 0.15) is 41.9 Å². The molecule has 0 atom stereocenters. The molecule has 1 amide bonds. The Bertz CT molecular complexity index is 1100. The monoisotopic (exact) mass is 495 g/mol. The maximum atomic E-state index is 13.1. The summed E-state index contributed by atoms with van der Waals surface area (Å²) in [5, 5.41) is 3.58.